The predicted octanol–water partition coefficient (Wildman–Crippen LogP) is 7.02. The highest BCUT2D eigenvalue weighted by atomic mass is 16.5. The minimum Gasteiger partial charge on any atom is -0.490 e. The number of ketones is 1. The second-order valence-corrected chi connectivity index (χ2v) is 8.66. The second-order valence-electron chi connectivity index (χ2n) is 8.66. The van der Waals surface area contributed by atoms with Crippen LogP contribution in [0.2, 0.25) is 0 Å². The average Bonchev–Trinajstić information content (AvgIpc) is 2.78. The highest BCUT2D eigenvalue weighted by Gasteiger charge is 2.23. The van der Waals surface area contributed by atoms with Gasteiger partial charge in [0.05, 0.1) is 13.2 Å². The maximum atomic E-state index is 12.7. The van der Waals surface area contributed by atoms with E-state index in [1.165, 1.54) is 0 Å². The largest absolute Gasteiger partial charge is 0.490 e. The maximum absolute atomic E-state index is 12.7. The molecule has 0 saturated carbocycles. The van der Waals surface area contributed by atoms with E-state index < -0.39 is 0 Å². The average molecular weight is 437 g/mol. The first-order valence-corrected chi connectivity index (χ1v) is 11.3. The van der Waals surface area contributed by atoms with E-state index in [-0.39, 0.29) is 11.2 Å². The lowest BCUT2D eigenvalue weighted by Gasteiger charge is -2.25. The predicted molar refractivity (Wildman–Crippen MR) is 132 cm³/mol. The Balaban J connectivity index is 2.33. The summed E-state index contributed by atoms with van der Waals surface area (Å²) in [5, 5.41) is 0. The number of allylic oxidation sites excluding steroid dienone is 1. The molecule has 172 valence electrons. The van der Waals surface area contributed by atoms with Gasteiger partial charge in [-0.3, -0.25) is 4.79 Å². The Morgan fingerprint density at radius 3 is 2.22 bits per heavy atom. The van der Waals surface area contributed by atoms with Gasteiger partial charge in [-0.2, -0.15) is 0 Å². The Morgan fingerprint density at radius 1 is 0.969 bits per heavy atom. The zero-order valence-corrected chi connectivity index (χ0v) is 20.1. The first-order chi connectivity index (χ1) is 15.3. The van der Waals surface area contributed by atoms with Crippen molar-refractivity contribution in [3.8, 4) is 17.2 Å². The van der Waals surface area contributed by atoms with Gasteiger partial charge in [-0.25, -0.2) is 0 Å². The topological polar surface area (TPSA) is 44.8 Å². The lowest BCUT2D eigenvalue weighted by molar-refractivity contribution is 0.104. The van der Waals surface area contributed by atoms with Crippen molar-refractivity contribution >= 4 is 11.9 Å². The molecule has 2 aromatic rings. The lowest BCUT2D eigenvalue weighted by atomic mass is 9.85. The number of ether oxygens (including phenoxy) is 3. The van der Waals surface area contributed by atoms with E-state index >= 15 is 0 Å². The molecule has 0 aromatic heterocycles. The van der Waals surface area contributed by atoms with Crippen molar-refractivity contribution in [3.05, 3.63) is 71.8 Å². The fourth-order valence-corrected chi connectivity index (χ4v) is 3.09. The van der Waals surface area contributed by atoms with Crippen LogP contribution < -0.4 is 14.2 Å². The Morgan fingerprint density at radius 2 is 1.62 bits per heavy atom. The van der Waals surface area contributed by atoms with Crippen molar-refractivity contribution in [2.24, 2.45) is 0 Å². The van der Waals surface area contributed by atoms with Crippen molar-refractivity contribution in [2.75, 3.05) is 19.8 Å². The molecule has 0 radical (unpaired) electrons. The third-order valence-electron chi connectivity index (χ3n) is 4.73. The van der Waals surface area contributed by atoms with Gasteiger partial charge in [0, 0.05) is 11.1 Å². The normalized spacial score (nSPS) is 11.4. The molecule has 0 atom stereocenters. The molecule has 0 saturated heterocycles. The highest BCUT2D eigenvalue weighted by molar-refractivity contribution is 6.06. The van der Waals surface area contributed by atoms with Gasteiger partial charge in [-0.15, -0.1) is 0 Å². The zero-order chi connectivity index (χ0) is 23.6. The van der Waals surface area contributed by atoms with Crippen LogP contribution in [0.15, 0.2) is 55.1 Å². The van der Waals surface area contributed by atoms with E-state index in [0.717, 1.165) is 35.5 Å². The van der Waals surface area contributed by atoms with Gasteiger partial charge < -0.3 is 14.2 Å². The first-order valence-electron chi connectivity index (χ1n) is 11.3. The monoisotopic (exact) mass is 436 g/mol. The van der Waals surface area contributed by atoms with E-state index in [1.807, 2.05) is 12.1 Å². The number of rotatable bonds is 12. The fourth-order valence-electron chi connectivity index (χ4n) is 3.09. The molecule has 2 rings (SSSR count). The van der Waals surface area contributed by atoms with E-state index in [4.69, 9.17) is 14.2 Å². The smallest absolute Gasteiger partial charge is 0.185 e. The Hall–Kier alpha value is -3.01. The van der Waals surface area contributed by atoms with Crippen LogP contribution in [0, 0.1) is 0 Å². The molecule has 0 spiro atoms. The summed E-state index contributed by atoms with van der Waals surface area (Å²) in [6.07, 6.45) is 6.94. The van der Waals surface area contributed by atoms with Crippen molar-refractivity contribution in [1.82, 2.24) is 0 Å². The van der Waals surface area contributed by atoms with Crippen molar-refractivity contribution in [3.63, 3.8) is 0 Å². The van der Waals surface area contributed by atoms with Crippen LogP contribution in [0.25, 0.3) is 6.08 Å². The maximum Gasteiger partial charge on any atom is 0.185 e. The molecule has 0 N–H and O–H groups in total. The highest BCUT2D eigenvalue weighted by Crippen LogP contribution is 2.40. The standard InChI is InChI=1S/C28H36O4/c1-7-16-30-23-13-11-22(12-14-23)25(29)15-10-21-19-24(28(4,5)6)27(32-18-9-3)26(20-21)31-17-8-2/h7,10-15,19-20H,1,8-9,16-18H2,2-6H3/b15-10+. The number of benzene rings is 2. The molecule has 2 aromatic carbocycles. The van der Waals surface area contributed by atoms with Gasteiger partial charge in [0.1, 0.15) is 12.4 Å². The molecule has 32 heavy (non-hydrogen) atoms. The lowest BCUT2D eigenvalue weighted by Crippen LogP contribution is -2.15. The summed E-state index contributed by atoms with van der Waals surface area (Å²) in [5.41, 5.74) is 2.44. The molecule has 0 heterocycles. The minimum atomic E-state index is -0.136. The van der Waals surface area contributed by atoms with Crippen LogP contribution >= 0.6 is 0 Å². The molecular weight excluding hydrogens is 400 g/mol. The number of hydrogen-bond donors (Lipinski definition) is 0. The van der Waals surface area contributed by atoms with Crippen LogP contribution in [0.4, 0.5) is 0 Å². The third-order valence-corrected chi connectivity index (χ3v) is 4.73. The Bertz CT molecular complexity index is 918. The minimum absolute atomic E-state index is 0.0695. The van der Waals surface area contributed by atoms with Crippen LogP contribution in [0.3, 0.4) is 0 Å². The van der Waals surface area contributed by atoms with E-state index in [9.17, 15) is 4.79 Å². The van der Waals surface area contributed by atoms with Gasteiger partial charge in [0.15, 0.2) is 17.3 Å². The molecule has 0 aliphatic carbocycles. The molecule has 0 amide bonds. The van der Waals surface area contributed by atoms with Crippen LogP contribution in [0.1, 0.15) is 68.9 Å². The second kappa shape index (κ2) is 12.1. The summed E-state index contributed by atoms with van der Waals surface area (Å²) < 4.78 is 17.6. The SMILES string of the molecule is C=CCOc1ccc(C(=O)/C=C/c2cc(OCCC)c(OCCC)c(C(C)(C)C)c2)cc1. The van der Waals surface area contributed by atoms with Gasteiger partial charge in [0.25, 0.3) is 0 Å². The van der Waals surface area contributed by atoms with Gasteiger partial charge in [-0.1, -0.05) is 53.3 Å². The molecule has 0 unspecified atom stereocenters. The summed E-state index contributed by atoms with van der Waals surface area (Å²) >= 11 is 0. The molecule has 4 nitrogen and oxygen atoms in total. The Labute approximate surface area is 192 Å². The van der Waals surface area contributed by atoms with E-state index in [0.29, 0.717) is 31.1 Å². The van der Waals surface area contributed by atoms with Crippen LogP contribution in [-0.4, -0.2) is 25.6 Å². The Kier molecular flexibility index (Phi) is 9.58. The first kappa shape index (κ1) is 25.3. The van der Waals surface area contributed by atoms with Crippen LogP contribution in [-0.2, 0) is 5.41 Å². The fraction of sp³-hybridized carbons (Fsp3) is 0.393. The molecule has 0 fully saturated rings. The van der Waals surface area contributed by atoms with Crippen molar-refractivity contribution < 1.29 is 19.0 Å². The molecule has 4 heteroatoms. The number of hydrogen-bond acceptors (Lipinski definition) is 4. The number of carbonyl (C=O) groups is 1. The van der Waals surface area contributed by atoms with E-state index in [2.05, 4.69) is 47.3 Å². The number of carbonyl (C=O) groups excluding carboxylic acids is 1. The van der Waals surface area contributed by atoms with Crippen LogP contribution in [0.5, 0.6) is 17.2 Å². The van der Waals surface area contributed by atoms with Gasteiger partial charge >= 0.3 is 0 Å². The van der Waals surface area contributed by atoms with Gasteiger partial charge in [0.2, 0.25) is 0 Å². The molecular formula is C28H36O4. The summed E-state index contributed by atoms with van der Waals surface area (Å²) in [6, 6.07) is 11.1. The molecule has 0 bridgehead atoms. The van der Waals surface area contributed by atoms with Crippen molar-refractivity contribution in [2.45, 2.75) is 52.9 Å². The summed E-state index contributed by atoms with van der Waals surface area (Å²) in [6.45, 7) is 15.9. The van der Waals surface area contributed by atoms with Crippen molar-refractivity contribution in [1.29, 1.82) is 0 Å². The third kappa shape index (κ3) is 7.30. The summed E-state index contributed by atoms with van der Waals surface area (Å²) in [5.74, 6) is 2.16. The quantitative estimate of drug-likeness (QED) is 0.204. The van der Waals surface area contributed by atoms with Gasteiger partial charge in [-0.05, 0) is 66.3 Å². The zero-order valence-electron chi connectivity index (χ0n) is 20.1. The molecule has 0 aliphatic rings. The molecule has 0 aliphatic heterocycles. The summed E-state index contributed by atoms with van der Waals surface area (Å²) in [4.78, 5) is 12.7. The summed E-state index contributed by atoms with van der Waals surface area (Å²) in [7, 11) is 0. The van der Waals surface area contributed by atoms with E-state index in [1.54, 1.807) is 36.4 Å².